The zero-order valence-electron chi connectivity index (χ0n) is 14.3. The number of nitrogens with zero attached hydrogens (tertiary/aromatic N) is 4. The number of hydrogen-bond donors (Lipinski definition) is 2. The standard InChI is InChI=1S/C17H14N6O4S/c24-15(19-20-16(25)12-5-4-8-14(9-12)23(26)27)10-28-17-18-11-22(21-17)13-6-2-1-3-7-13/h1-9,11H,10H2,(H,19,24)(H,20,25). The molecule has 0 saturated carbocycles. The number of amides is 2. The van der Waals surface area contributed by atoms with Crippen molar-refractivity contribution in [3.63, 3.8) is 0 Å². The zero-order chi connectivity index (χ0) is 19.9. The molecule has 1 aromatic heterocycles. The van der Waals surface area contributed by atoms with Crippen LogP contribution in [-0.2, 0) is 4.79 Å². The van der Waals surface area contributed by atoms with E-state index in [1.54, 1.807) is 11.0 Å². The molecule has 0 unspecified atom stereocenters. The minimum absolute atomic E-state index is 0.0198. The lowest BCUT2D eigenvalue weighted by molar-refractivity contribution is -0.384. The van der Waals surface area contributed by atoms with Gasteiger partial charge in [0.05, 0.1) is 16.4 Å². The second-order valence-electron chi connectivity index (χ2n) is 5.41. The van der Waals surface area contributed by atoms with Crippen LogP contribution in [0.3, 0.4) is 0 Å². The van der Waals surface area contributed by atoms with Crippen molar-refractivity contribution >= 4 is 29.3 Å². The first-order valence-corrected chi connectivity index (χ1v) is 8.95. The Kier molecular flexibility index (Phi) is 5.97. The van der Waals surface area contributed by atoms with Gasteiger partial charge in [0.15, 0.2) is 0 Å². The first-order chi connectivity index (χ1) is 13.5. The summed E-state index contributed by atoms with van der Waals surface area (Å²) in [6.07, 6.45) is 1.54. The minimum atomic E-state index is -0.659. The first kappa shape index (κ1) is 19.0. The van der Waals surface area contributed by atoms with E-state index in [2.05, 4.69) is 20.9 Å². The third-order valence-electron chi connectivity index (χ3n) is 3.46. The van der Waals surface area contributed by atoms with Crippen molar-refractivity contribution < 1.29 is 14.5 Å². The molecule has 0 fully saturated rings. The van der Waals surface area contributed by atoms with E-state index in [1.807, 2.05) is 30.3 Å². The highest BCUT2D eigenvalue weighted by atomic mass is 32.2. The van der Waals surface area contributed by atoms with Crippen LogP contribution in [0.4, 0.5) is 5.69 Å². The van der Waals surface area contributed by atoms with Crippen LogP contribution in [-0.4, -0.2) is 37.3 Å². The molecule has 3 aromatic rings. The molecule has 0 radical (unpaired) electrons. The van der Waals surface area contributed by atoms with Crippen LogP contribution in [0.2, 0.25) is 0 Å². The Morgan fingerprint density at radius 2 is 1.89 bits per heavy atom. The van der Waals surface area contributed by atoms with E-state index in [4.69, 9.17) is 0 Å². The lowest BCUT2D eigenvalue weighted by Crippen LogP contribution is -2.42. The number of carbonyl (C=O) groups is 2. The van der Waals surface area contributed by atoms with Gasteiger partial charge in [-0.25, -0.2) is 9.67 Å². The van der Waals surface area contributed by atoms with E-state index in [0.29, 0.717) is 5.16 Å². The van der Waals surface area contributed by atoms with Crippen LogP contribution in [0, 0.1) is 10.1 Å². The van der Waals surface area contributed by atoms with Crippen molar-refractivity contribution in [1.29, 1.82) is 0 Å². The van der Waals surface area contributed by atoms with Crippen molar-refractivity contribution in [2.75, 3.05) is 5.75 Å². The number of thioether (sulfide) groups is 1. The molecule has 0 aliphatic rings. The number of nitro benzene ring substituents is 1. The zero-order valence-corrected chi connectivity index (χ0v) is 15.1. The Morgan fingerprint density at radius 3 is 2.64 bits per heavy atom. The van der Waals surface area contributed by atoms with Gasteiger partial charge in [0.25, 0.3) is 11.6 Å². The second kappa shape index (κ2) is 8.77. The fourth-order valence-electron chi connectivity index (χ4n) is 2.14. The Labute approximate surface area is 163 Å². The number of benzene rings is 2. The van der Waals surface area contributed by atoms with E-state index >= 15 is 0 Å². The molecule has 0 bridgehead atoms. The van der Waals surface area contributed by atoms with Gasteiger partial charge in [-0.05, 0) is 18.2 Å². The molecule has 1 heterocycles. The topological polar surface area (TPSA) is 132 Å². The third-order valence-corrected chi connectivity index (χ3v) is 4.31. The summed E-state index contributed by atoms with van der Waals surface area (Å²) in [4.78, 5) is 38.1. The maximum atomic E-state index is 12.0. The maximum absolute atomic E-state index is 12.0. The van der Waals surface area contributed by atoms with Crippen LogP contribution >= 0.6 is 11.8 Å². The number of aromatic nitrogens is 3. The normalized spacial score (nSPS) is 10.3. The predicted molar refractivity (Wildman–Crippen MR) is 101 cm³/mol. The average molecular weight is 398 g/mol. The lowest BCUT2D eigenvalue weighted by atomic mass is 10.2. The van der Waals surface area contributed by atoms with Crippen molar-refractivity contribution in [3.05, 3.63) is 76.6 Å². The molecule has 3 rings (SSSR count). The van der Waals surface area contributed by atoms with Crippen LogP contribution in [0.25, 0.3) is 5.69 Å². The highest BCUT2D eigenvalue weighted by molar-refractivity contribution is 7.99. The van der Waals surface area contributed by atoms with E-state index in [1.165, 1.54) is 18.2 Å². The second-order valence-corrected chi connectivity index (χ2v) is 6.35. The van der Waals surface area contributed by atoms with Crippen LogP contribution in [0.15, 0.2) is 66.1 Å². The molecule has 10 nitrogen and oxygen atoms in total. The summed E-state index contributed by atoms with van der Waals surface area (Å²) >= 11 is 1.10. The maximum Gasteiger partial charge on any atom is 0.270 e. The fourth-order valence-corrected chi connectivity index (χ4v) is 2.74. The molecule has 0 spiro atoms. The van der Waals surface area contributed by atoms with Gasteiger partial charge in [0.1, 0.15) is 6.33 Å². The molecule has 28 heavy (non-hydrogen) atoms. The number of non-ortho nitro benzene ring substituents is 1. The average Bonchev–Trinajstić information content (AvgIpc) is 3.20. The van der Waals surface area contributed by atoms with Crippen molar-refractivity contribution in [1.82, 2.24) is 25.6 Å². The van der Waals surface area contributed by atoms with E-state index in [0.717, 1.165) is 23.5 Å². The SMILES string of the molecule is O=C(CSc1ncn(-c2ccccc2)n1)NNC(=O)c1cccc([N+](=O)[O-])c1. The Hall–Kier alpha value is -3.73. The van der Waals surface area contributed by atoms with Gasteiger partial charge in [0.2, 0.25) is 11.1 Å². The minimum Gasteiger partial charge on any atom is -0.272 e. The molecule has 0 aliphatic heterocycles. The lowest BCUT2D eigenvalue weighted by Gasteiger charge is -2.06. The van der Waals surface area contributed by atoms with E-state index < -0.39 is 16.7 Å². The summed E-state index contributed by atoms with van der Waals surface area (Å²) < 4.78 is 1.59. The quantitative estimate of drug-likeness (QED) is 0.367. The summed E-state index contributed by atoms with van der Waals surface area (Å²) in [6, 6.07) is 14.6. The van der Waals surface area contributed by atoms with Crippen LogP contribution in [0.1, 0.15) is 10.4 Å². The molecule has 2 aromatic carbocycles. The molecule has 142 valence electrons. The number of nitro groups is 1. The third kappa shape index (κ3) is 4.92. The van der Waals surface area contributed by atoms with Gasteiger partial charge in [-0.1, -0.05) is 36.0 Å². The monoisotopic (exact) mass is 398 g/mol. The molecule has 2 amide bonds. The Morgan fingerprint density at radius 1 is 1.11 bits per heavy atom. The van der Waals surface area contributed by atoms with Gasteiger partial charge >= 0.3 is 0 Å². The molecule has 2 N–H and O–H groups in total. The summed E-state index contributed by atoms with van der Waals surface area (Å²) in [5.41, 5.74) is 5.15. The largest absolute Gasteiger partial charge is 0.272 e. The summed E-state index contributed by atoms with van der Waals surface area (Å²) in [7, 11) is 0. The predicted octanol–water partition coefficient (Wildman–Crippen LogP) is 1.73. The Bertz CT molecular complexity index is 1010. The number of para-hydroxylation sites is 1. The molecular weight excluding hydrogens is 384 g/mol. The molecule has 0 atom stereocenters. The van der Waals surface area contributed by atoms with E-state index in [9.17, 15) is 19.7 Å². The van der Waals surface area contributed by atoms with Gasteiger partial charge in [-0.3, -0.25) is 30.6 Å². The summed E-state index contributed by atoms with van der Waals surface area (Å²) in [5.74, 6) is -1.15. The van der Waals surface area contributed by atoms with Crippen molar-refractivity contribution in [3.8, 4) is 5.69 Å². The fraction of sp³-hybridized carbons (Fsp3) is 0.0588. The number of hydrogen-bond acceptors (Lipinski definition) is 7. The molecule has 11 heteroatoms. The number of nitrogens with one attached hydrogen (secondary N) is 2. The van der Waals surface area contributed by atoms with Crippen molar-refractivity contribution in [2.24, 2.45) is 0 Å². The highest BCUT2D eigenvalue weighted by Gasteiger charge is 2.13. The van der Waals surface area contributed by atoms with Gasteiger partial charge in [-0.15, -0.1) is 5.10 Å². The molecule has 0 saturated heterocycles. The van der Waals surface area contributed by atoms with Gasteiger partial charge in [0, 0.05) is 17.7 Å². The molecule has 0 aliphatic carbocycles. The summed E-state index contributed by atoms with van der Waals surface area (Å²) in [5, 5.41) is 15.4. The van der Waals surface area contributed by atoms with Crippen molar-refractivity contribution in [2.45, 2.75) is 5.16 Å². The van der Waals surface area contributed by atoms with Gasteiger partial charge < -0.3 is 0 Å². The highest BCUT2D eigenvalue weighted by Crippen LogP contribution is 2.14. The first-order valence-electron chi connectivity index (χ1n) is 7.96. The van der Waals surface area contributed by atoms with E-state index in [-0.39, 0.29) is 17.0 Å². The van der Waals surface area contributed by atoms with Crippen LogP contribution in [0.5, 0.6) is 0 Å². The van der Waals surface area contributed by atoms with Crippen LogP contribution < -0.4 is 10.9 Å². The number of hydrazine groups is 1. The molecular formula is C17H14N6O4S. The summed E-state index contributed by atoms with van der Waals surface area (Å²) in [6.45, 7) is 0. The van der Waals surface area contributed by atoms with Gasteiger partial charge in [-0.2, -0.15) is 0 Å². The smallest absolute Gasteiger partial charge is 0.270 e. The number of rotatable bonds is 6. The number of carbonyl (C=O) groups excluding carboxylic acids is 2. The Balaban J connectivity index is 1.48.